The second kappa shape index (κ2) is 8.18. The highest BCUT2D eigenvalue weighted by atomic mass is 32.3. The number of hydrogen-bond donors (Lipinski definition) is 1. The summed E-state index contributed by atoms with van der Waals surface area (Å²) >= 11 is 0. The first-order chi connectivity index (χ1) is 15.7. The van der Waals surface area contributed by atoms with Gasteiger partial charge in [-0.3, -0.25) is 0 Å². The smallest absolute Gasteiger partial charge is 0.0135 e. The molecule has 0 nitrogen and oxygen atoms in total. The van der Waals surface area contributed by atoms with Crippen molar-refractivity contribution in [2.24, 2.45) is 0 Å². The Hall–Kier alpha value is -3.55. The molecule has 32 heavy (non-hydrogen) atoms. The lowest BCUT2D eigenvalue weighted by Crippen LogP contribution is -2.19. The predicted octanol–water partition coefficient (Wildman–Crippen LogP) is 8.59. The van der Waals surface area contributed by atoms with Crippen molar-refractivity contribution in [1.82, 2.24) is 0 Å². The molecule has 0 amide bonds. The van der Waals surface area contributed by atoms with Crippen LogP contribution < -0.4 is 0 Å². The lowest BCUT2D eigenvalue weighted by molar-refractivity contribution is 1.20. The normalized spacial score (nSPS) is 12.6. The maximum Gasteiger partial charge on any atom is -0.0135 e. The van der Waals surface area contributed by atoms with Crippen LogP contribution in [0, 0.1) is 0 Å². The molecule has 0 aliphatic heterocycles. The standard InChI is InChI=1S/C31H28S/c1-32(28-18-8-3-9-19-28,29-20-10-4-11-21-29,30-22-12-5-13-23-30)31-24-14-17-27(25-31)26-15-6-2-7-16-26/h2-25,32H,1H3. The topological polar surface area (TPSA) is 0 Å². The van der Waals surface area contributed by atoms with Gasteiger partial charge in [0.15, 0.2) is 0 Å². The molecule has 0 saturated carbocycles. The van der Waals surface area contributed by atoms with Crippen molar-refractivity contribution in [3.8, 4) is 11.1 Å². The number of benzene rings is 5. The van der Waals surface area contributed by atoms with E-state index in [-0.39, 0.29) is 0 Å². The van der Waals surface area contributed by atoms with Crippen molar-refractivity contribution in [2.75, 3.05) is 6.26 Å². The Morgan fingerprint density at radius 3 is 1.12 bits per heavy atom. The van der Waals surface area contributed by atoms with Gasteiger partial charge in [-0.2, -0.15) is 0 Å². The highest BCUT2D eigenvalue weighted by Gasteiger charge is 2.43. The van der Waals surface area contributed by atoms with Crippen LogP contribution in [-0.2, 0) is 0 Å². The summed E-state index contributed by atoms with van der Waals surface area (Å²) in [5.74, 6) is 0. The lowest BCUT2D eigenvalue weighted by Gasteiger charge is -2.60. The van der Waals surface area contributed by atoms with E-state index in [0.717, 1.165) is 0 Å². The largest absolute Gasteiger partial charge is 0.202 e. The van der Waals surface area contributed by atoms with Gasteiger partial charge in [0, 0.05) is 0 Å². The summed E-state index contributed by atoms with van der Waals surface area (Å²) in [5, 5.41) is 0. The third-order valence-corrected chi connectivity index (χ3v) is 13.1. The van der Waals surface area contributed by atoms with Crippen LogP contribution in [0.3, 0.4) is 0 Å². The van der Waals surface area contributed by atoms with Crippen molar-refractivity contribution < 1.29 is 0 Å². The van der Waals surface area contributed by atoms with Crippen molar-refractivity contribution in [3.05, 3.63) is 146 Å². The third-order valence-electron chi connectivity index (χ3n) is 6.80. The minimum atomic E-state index is -2.99. The van der Waals surface area contributed by atoms with Crippen LogP contribution in [0.5, 0.6) is 0 Å². The number of rotatable bonds is 5. The van der Waals surface area contributed by atoms with Crippen molar-refractivity contribution in [2.45, 2.75) is 19.6 Å². The minimum Gasteiger partial charge on any atom is -0.202 e. The molecule has 5 aromatic rings. The molecule has 5 rings (SSSR count). The highest BCUT2D eigenvalue weighted by Crippen LogP contribution is 2.87. The Labute approximate surface area is 191 Å². The van der Waals surface area contributed by atoms with E-state index in [9.17, 15) is 0 Å². The molecule has 0 saturated heterocycles. The van der Waals surface area contributed by atoms with E-state index in [1.807, 2.05) is 0 Å². The van der Waals surface area contributed by atoms with Gasteiger partial charge in [-0.05, 0) is 43.0 Å². The fourth-order valence-electron chi connectivity index (χ4n) is 4.96. The second-order valence-electron chi connectivity index (χ2n) is 8.49. The number of hydrogen-bond acceptors (Lipinski definition) is 0. The van der Waals surface area contributed by atoms with Gasteiger partial charge < -0.3 is 0 Å². The van der Waals surface area contributed by atoms with Gasteiger partial charge in [0.2, 0.25) is 0 Å². The molecule has 0 aliphatic rings. The Morgan fingerprint density at radius 2 is 0.688 bits per heavy atom. The predicted molar refractivity (Wildman–Crippen MR) is 139 cm³/mol. The van der Waals surface area contributed by atoms with Gasteiger partial charge in [-0.1, -0.05) is 140 Å². The SMILES string of the molecule is C[SH](c1ccccc1)(c1ccccc1)(c1ccccc1)c1cccc(-c2ccccc2)c1. The zero-order valence-corrected chi connectivity index (χ0v) is 19.2. The molecule has 0 radical (unpaired) electrons. The van der Waals surface area contributed by atoms with Crippen molar-refractivity contribution in [3.63, 3.8) is 0 Å². The molecule has 0 N–H and O–H groups in total. The van der Waals surface area contributed by atoms with Gasteiger partial charge in [0.1, 0.15) is 0 Å². The average molecular weight is 433 g/mol. The summed E-state index contributed by atoms with van der Waals surface area (Å²) < 4.78 is 0. The summed E-state index contributed by atoms with van der Waals surface area (Å²) in [5.41, 5.74) is 2.50. The van der Waals surface area contributed by atoms with E-state index in [1.54, 1.807) is 0 Å². The van der Waals surface area contributed by atoms with Gasteiger partial charge >= 0.3 is 0 Å². The van der Waals surface area contributed by atoms with E-state index in [0.29, 0.717) is 0 Å². The van der Waals surface area contributed by atoms with Gasteiger partial charge in [0.25, 0.3) is 0 Å². The fraction of sp³-hybridized carbons (Fsp3) is 0.0323. The van der Waals surface area contributed by atoms with E-state index in [4.69, 9.17) is 0 Å². The molecule has 5 aromatic carbocycles. The quantitative estimate of drug-likeness (QED) is 0.264. The molecule has 158 valence electrons. The molecule has 0 spiro atoms. The fourth-order valence-corrected chi connectivity index (χ4v) is 10.4. The second-order valence-corrected chi connectivity index (χ2v) is 13.7. The van der Waals surface area contributed by atoms with Gasteiger partial charge in [-0.15, -0.1) is 0 Å². The van der Waals surface area contributed by atoms with E-state index in [2.05, 4.69) is 152 Å². The molecule has 0 heterocycles. The average Bonchev–Trinajstić information content (AvgIpc) is 2.90. The minimum absolute atomic E-state index is 1.24. The van der Waals surface area contributed by atoms with Crippen LogP contribution >= 0.6 is 9.16 Å². The lowest BCUT2D eigenvalue weighted by atomic mass is 10.1. The van der Waals surface area contributed by atoms with Crippen LogP contribution in [0.1, 0.15) is 0 Å². The van der Waals surface area contributed by atoms with E-state index >= 15 is 0 Å². The Balaban J connectivity index is 1.93. The van der Waals surface area contributed by atoms with Crippen molar-refractivity contribution >= 4 is 9.16 Å². The molecule has 0 bridgehead atoms. The molecular formula is C31H28S. The van der Waals surface area contributed by atoms with Crippen LogP contribution in [0.2, 0.25) is 0 Å². The van der Waals surface area contributed by atoms with E-state index in [1.165, 1.54) is 30.7 Å². The van der Waals surface area contributed by atoms with Gasteiger partial charge in [0.05, 0.1) is 0 Å². The molecule has 0 atom stereocenters. The monoisotopic (exact) mass is 432 g/mol. The maximum absolute atomic E-state index is 2.99. The molecule has 0 aliphatic carbocycles. The maximum atomic E-state index is 2.51. The van der Waals surface area contributed by atoms with Crippen LogP contribution in [0.4, 0.5) is 0 Å². The molecule has 0 aromatic heterocycles. The van der Waals surface area contributed by atoms with Gasteiger partial charge in [-0.25, -0.2) is 9.16 Å². The summed E-state index contributed by atoms with van der Waals surface area (Å²) in [6, 6.07) is 53.1. The Morgan fingerprint density at radius 1 is 0.344 bits per heavy atom. The molecule has 0 fully saturated rings. The summed E-state index contributed by atoms with van der Waals surface area (Å²) in [4.78, 5) is 5.50. The third kappa shape index (κ3) is 3.09. The van der Waals surface area contributed by atoms with Crippen LogP contribution in [-0.4, -0.2) is 6.26 Å². The molecule has 1 heteroatoms. The Bertz CT molecular complexity index is 1210. The first-order valence-electron chi connectivity index (χ1n) is 11.1. The van der Waals surface area contributed by atoms with E-state index < -0.39 is 9.16 Å². The first-order valence-corrected chi connectivity index (χ1v) is 13.7. The van der Waals surface area contributed by atoms with Crippen LogP contribution in [0.25, 0.3) is 11.1 Å². The Kier molecular flexibility index (Phi) is 5.20. The highest BCUT2D eigenvalue weighted by molar-refractivity contribution is 8.49. The first kappa shape index (κ1) is 20.4. The summed E-state index contributed by atoms with van der Waals surface area (Å²) in [6.07, 6.45) is 2.51. The summed E-state index contributed by atoms with van der Waals surface area (Å²) in [7, 11) is -2.99. The zero-order valence-electron chi connectivity index (χ0n) is 18.3. The zero-order chi connectivity index (χ0) is 21.9. The number of thiol groups is 1. The summed E-state index contributed by atoms with van der Waals surface area (Å²) in [6.45, 7) is 0. The molecular weight excluding hydrogens is 404 g/mol. The van der Waals surface area contributed by atoms with Crippen molar-refractivity contribution in [1.29, 1.82) is 0 Å². The molecule has 0 unspecified atom stereocenters. The van der Waals surface area contributed by atoms with Crippen LogP contribution in [0.15, 0.2) is 165 Å².